The smallest absolute Gasteiger partial charge is 0.226 e. The van der Waals surface area contributed by atoms with Gasteiger partial charge in [0.05, 0.1) is 17.8 Å². The van der Waals surface area contributed by atoms with Crippen LogP contribution in [0.4, 0.5) is 0 Å². The van der Waals surface area contributed by atoms with Crippen LogP contribution in [0.15, 0.2) is 30.5 Å². The van der Waals surface area contributed by atoms with E-state index < -0.39 is 0 Å². The second-order valence-corrected chi connectivity index (χ2v) is 8.76. The number of amides is 1. The summed E-state index contributed by atoms with van der Waals surface area (Å²) in [7, 11) is 0. The van der Waals surface area contributed by atoms with Gasteiger partial charge in [0.1, 0.15) is 0 Å². The van der Waals surface area contributed by atoms with Gasteiger partial charge >= 0.3 is 0 Å². The molecule has 0 spiro atoms. The number of carbonyl (C=O) groups excluding carboxylic acids is 1. The molecule has 139 valence electrons. The first-order valence-corrected chi connectivity index (χ1v) is 10.4. The molecule has 0 bridgehead atoms. The Morgan fingerprint density at radius 2 is 1.96 bits per heavy atom. The molecule has 1 aliphatic heterocycles. The maximum Gasteiger partial charge on any atom is 0.226 e. The van der Waals surface area contributed by atoms with Crippen LogP contribution in [0.5, 0.6) is 0 Å². The molecule has 1 aromatic carbocycles. The number of nitrogens with one attached hydrogen (secondary N) is 1. The fourth-order valence-electron chi connectivity index (χ4n) is 4.93. The summed E-state index contributed by atoms with van der Waals surface area (Å²) in [6, 6.07) is 8.89. The maximum absolute atomic E-state index is 13.5. The van der Waals surface area contributed by atoms with Crippen molar-refractivity contribution in [1.29, 1.82) is 0 Å². The van der Waals surface area contributed by atoms with Crippen molar-refractivity contribution in [3.8, 4) is 0 Å². The van der Waals surface area contributed by atoms with Crippen molar-refractivity contribution in [2.75, 3.05) is 6.54 Å². The predicted molar refractivity (Wildman–Crippen MR) is 103 cm³/mol. The zero-order valence-corrected chi connectivity index (χ0v) is 15.4. The van der Waals surface area contributed by atoms with E-state index in [1.54, 1.807) is 0 Å². The van der Waals surface area contributed by atoms with Crippen LogP contribution in [-0.2, 0) is 4.79 Å². The first-order valence-electron chi connectivity index (χ1n) is 10.4. The second kappa shape index (κ2) is 5.99. The highest BCUT2D eigenvalue weighted by molar-refractivity contribution is 5.85. The molecule has 4 unspecified atom stereocenters. The van der Waals surface area contributed by atoms with Crippen LogP contribution in [0.1, 0.15) is 43.7 Å². The number of aromatic nitrogens is 2. The van der Waals surface area contributed by atoms with Gasteiger partial charge < -0.3 is 10.2 Å². The van der Waals surface area contributed by atoms with Crippen molar-refractivity contribution in [2.24, 2.45) is 17.8 Å². The van der Waals surface area contributed by atoms with Gasteiger partial charge in [-0.1, -0.05) is 18.2 Å². The van der Waals surface area contributed by atoms with Crippen LogP contribution >= 0.6 is 0 Å². The van der Waals surface area contributed by atoms with Gasteiger partial charge in [-0.05, 0) is 56.4 Å². The molecule has 1 amide bonds. The molecule has 3 aliphatic carbocycles. The van der Waals surface area contributed by atoms with Crippen LogP contribution < -0.4 is 5.32 Å². The molecule has 2 aromatic rings. The summed E-state index contributed by atoms with van der Waals surface area (Å²) in [5, 5.41) is 13.6. The third-order valence-corrected chi connectivity index (χ3v) is 6.77. The first kappa shape index (κ1) is 16.0. The average Bonchev–Trinajstić information content (AvgIpc) is 3.59. The van der Waals surface area contributed by atoms with Crippen LogP contribution in [0, 0.1) is 24.2 Å². The molecule has 4 aliphatic rings. The summed E-state index contributed by atoms with van der Waals surface area (Å²) < 4.78 is 0. The van der Waals surface area contributed by atoms with Crippen molar-refractivity contribution in [1.82, 2.24) is 20.4 Å². The fourth-order valence-corrected chi connectivity index (χ4v) is 4.93. The minimum absolute atomic E-state index is 0.0570. The Labute approximate surface area is 159 Å². The summed E-state index contributed by atoms with van der Waals surface area (Å²) in [4.78, 5) is 15.8. The largest absolute Gasteiger partial charge is 0.329 e. The van der Waals surface area contributed by atoms with E-state index in [1.165, 1.54) is 12.8 Å². The van der Waals surface area contributed by atoms with Crippen molar-refractivity contribution in [2.45, 2.75) is 50.2 Å². The van der Waals surface area contributed by atoms with E-state index in [-0.39, 0.29) is 18.0 Å². The van der Waals surface area contributed by atoms with Crippen molar-refractivity contribution in [3.63, 3.8) is 0 Å². The summed E-state index contributed by atoms with van der Waals surface area (Å²) in [6.07, 6.45) is 10.0. The Hall–Kier alpha value is -2.01. The van der Waals surface area contributed by atoms with Gasteiger partial charge in [0, 0.05) is 35.5 Å². The summed E-state index contributed by atoms with van der Waals surface area (Å²) in [5.74, 6) is 1.84. The van der Waals surface area contributed by atoms with Gasteiger partial charge in [0.25, 0.3) is 0 Å². The molecule has 2 heterocycles. The third-order valence-electron chi connectivity index (χ3n) is 6.77. The molecule has 4 fully saturated rings. The summed E-state index contributed by atoms with van der Waals surface area (Å²) in [6.45, 7) is 0.936. The van der Waals surface area contributed by atoms with Crippen molar-refractivity contribution >= 4 is 16.8 Å². The molecule has 5 nitrogen and oxygen atoms in total. The lowest BCUT2D eigenvalue weighted by Crippen LogP contribution is -2.61. The molecule has 1 aromatic heterocycles. The minimum Gasteiger partial charge on any atom is -0.329 e. The molecule has 1 saturated heterocycles. The Balaban J connectivity index is 1.50. The van der Waals surface area contributed by atoms with E-state index in [2.05, 4.69) is 39.0 Å². The lowest BCUT2D eigenvalue weighted by atomic mass is 9.87. The predicted octanol–water partition coefficient (Wildman–Crippen LogP) is 2.88. The Morgan fingerprint density at radius 1 is 1.15 bits per heavy atom. The second-order valence-electron chi connectivity index (χ2n) is 8.76. The molecule has 1 N–H and O–H groups in total. The number of nitrogens with zero attached hydrogens (tertiary/aromatic N) is 3. The number of carbonyl (C=O) groups is 1. The lowest BCUT2D eigenvalue weighted by molar-refractivity contribution is -0.141. The number of hydrogen-bond donors (Lipinski definition) is 1. The van der Waals surface area contributed by atoms with Crippen LogP contribution in [0.25, 0.3) is 10.9 Å². The van der Waals surface area contributed by atoms with Crippen molar-refractivity contribution in [3.05, 3.63) is 42.4 Å². The topological polar surface area (TPSA) is 58.1 Å². The SMILES string of the molecule is O=C(C1CC1)N1C(C2CC2)CNC(C2[CH]C2)C1c1cnnc2ccccc12. The van der Waals surface area contributed by atoms with Gasteiger partial charge in [-0.25, -0.2) is 0 Å². The summed E-state index contributed by atoms with van der Waals surface area (Å²) in [5.41, 5.74) is 2.08. The number of piperazine rings is 1. The summed E-state index contributed by atoms with van der Waals surface area (Å²) >= 11 is 0. The number of rotatable bonds is 4. The minimum atomic E-state index is 0.0570. The number of benzene rings is 1. The van der Waals surface area contributed by atoms with Crippen LogP contribution in [-0.4, -0.2) is 39.6 Å². The highest BCUT2D eigenvalue weighted by Gasteiger charge is 2.52. The molecule has 27 heavy (non-hydrogen) atoms. The Morgan fingerprint density at radius 3 is 2.70 bits per heavy atom. The van der Waals surface area contributed by atoms with Gasteiger partial charge in [-0.15, -0.1) is 0 Å². The van der Waals surface area contributed by atoms with E-state index in [4.69, 9.17) is 0 Å². The fraction of sp³-hybridized carbons (Fsp3) is 0.545. The molecule has 3 saturated carbocycles. The van der Waals surface area contributed by atoms with E-state index in [9.17, 15) is 4.79 Å². The van der Waals surface area contributed by atoms with E-state index >= 15 is 0 Å². The standard InChI is InChI=1S/C22H25N4O/c27-22(15-9-10-15)26-19(13-5-6-13)12-23-20(14-7-8-14)21(26)17-11-24-25-18-4-2-1-3-16(17)18/h1-4,7,11,13-15,19-21,23H,5-6,8-10,12H2. The highest BCUT2D eigenvalue weighted by atomic mass is 16.2. The normalized spacial score (nSPS) is 31.3. The molecular weight excluding hydrogens is 336 g/mol. The Bertz CT molecular complexity index is 882. The molecular formula is C22H25N4O. The molecule has 4 atom stereocenters. The molecule has 5 heteroatoms. The van der Waals surface area contributed by atoms with Crippen molar-refractivity contribution < 1.29 is 4.79 Å². The van der Waals surface area contributed by atoms with Crippen LogP contribution in [0.2, 0.25) is 0 Å². The van der Waals surface area contributed by atoms with Gasteiger partial charge in [-0.3, -0.25) is 4.79 Å². The molecule has 1 radical (unpaired) electrons. The van der Waals surface area contributed by atoms with E-state index in [0.29, 0.717) is 23.8 Å². The molecule has 6 rings (SSSR count). The highest BCUT2D eigenvalue weighted by Crippen LogP contribution is 2.49. The first-order chi connectivity index (χ1) is 13.3. The maximum atomic E-state index is 13.5. The Kier molecular flexibility index (Phi) is 3.55. The van der Waals surface area contributed by atoms with Gasteiger partial charge in [0.2, 0.25) is 5.91 Å². The third kappa shape index (κ3) is 2.75. The number of hydrogen-bond acceptors (Lipinski definition) is 4. The monoisotopic (exact) mass is 361 g/mol. The van der Waals surface area contributed by atoms with E-state index in [0.717, 1.165) is 42.3 Å². The quantitative estimate of drug-likeness (QED) is 0.910. The zero-order chi connectivity index (χ0) is 18.0. The van der Waals surface area contributed by atoms with E-state index in [1.807, 2.05) is 18.3 Å². The number of fused-ring (bicyclic) bond motifs is 1. The van der Waals surface area contributed by atoms with Gasteiger partial charge in [0.15, 0.2) is 0 Å². The average molecular weight is 361 g/mol. The lowest BCUT2D eigenvalue weighted by Gasteiger charge is -2.48. The zero-order valence-electron chi connectivity index (χ0n) is 15.4. The van der Waals surface area contributed by atoms with Crippen LogP contribution in [0.3, 0.4) is 0 Å². The van der Waals surface area contributed by atoms with Gasteiger partial charge in [-0.2, -0.15) is 10.2 Å².